The average molecular weight is 1400 g/mol. The second kappa shape index (κ2) is 67.9. The maximum absolute atomic E-state index is 13.1. The zero-order valence-electron chi connectivity index (χ0n) is 62.0. The van der Waals surface area contributed by atoms with Crippen molar-refractivity contribution >= 4 is 39.5 Å². The van der Waals surface area contributed by atoms with E-state index in [4.69, 9.17) is 37.0 Å². The normalized spacial score (nSPS) is 14.0. The van der Waals surface area contributed by atoms with Crippen LogP contribution in [0.4, 0.5) is 0 Å². The lowest BCUT2D eigenvalue weighted by molar-refractivity contribution is -0.161. The molecule has 0 saturated carbocycles. The molecule has 0 aromatic rings. The van der Waals surface area contributed by atoms with Crippen molar-refractivity contribution in [2.75, 3.05) is 39.6 Å². The summed E-state index contributed by atoms with van der Waals surface area (Å²) in [4.78, 5) is 72.7. The van der Waals surface area contributed by atoms with Crippen LogP contribution in [-0.4, -0.2) is 96.7 Å². The smallest absolute Gasteiger partial charge is 0.462 e. The Morgan fingerprint density at radius 3 is 0.716 bits per heavy atom. The molecule has 95 heavy (non-hydrogen) atoms. The molecule has 0 aliphatic rings. The van der Waals surface area contributed by atoms with Gasteiger partial charge in [-0.15, -0.1) is 0 Å². The summed E-state index contributed by atoms with van der Waals surface area (Å²) in [6.45, 7) is 9.47. The Labute approximate surface area is 581 Å². The van der Waals surface area contributed by atoms with Gasteiger partial charge in [-0.1, -0.05) is 343 Å². The van der Waals surface area contributed by atoms with Gasteiger partial charge < -0.3 is 33.8 Å². The van der Waals surface area contributed by atoms with Crippen molar-refractivity contribution in [3.63, 3.8) is 0 Å². The number of hydrogen-bond acceptors (Lipinski definition) is 15. The quantitative estimate of drug-likeness (QED) is 0.0222. The Morgan fingerprint density at radius 2 is 0.484 bits per heavy atom. The first-order valence-electron chi connectivity index (χ1n) is 39.5. The maximum atomic E-state index is 13.1. The molecule has 0 saturated heterocycles. The number of ether oxygens (including phenoxy) is 4. The van der Waals surface area contributed by atoms with E-state index in [9.17, 15) is 43.2 Å². The van der Waals surface area contributed by atoms with Crippen molar-refractivity contribution in [2.24, 2.45) is 11.8 Å². The lowest BCUT2D eigenvalue weighted by atomic mass is 10.0. The van der Waals surface area contributed by atoms with Gasteiger partial charge in [-0.3, -0.25) is 37.3 Å². The summed E-state index contributed by atoms with van der Waals surface area (Å²) in [5, 5.41) is 10.6. The van der Waals surface area contributed by atoms with Gasteiger partial charge in [0.15, 0.2) is 12.2 Å². The average Bonchev–Trinajstić information content (AvgIpc) is 1.53. The number of phosphoric acid groups is 2. The molecule has 0 aliphatic carbocycles. The third-order valence-corrected chi connectivity index (χ3v) is 19.6. The largest absolute Gasteiger partial charge is 0.472 e. The van der Waals surface area contributed by atoms with Crippen LogP contribution in [0.5, 0.6) is 0 Å². The summed E-state index contributed by atoms with van der Waals surface area (Å²) in [5.41, 5.74) is 0. The fourth-order valence-electron chi connectivity index (χ4n) is 11.7. The molecular formula is C76H148O17P2. The van der Waals surface area contributed by atoms with Gasteiger partial charge in [-0.2, -0.15) is 0 Å². The van der Waals surface area contributed by atoms with Crippen LogP contribution in [0.1, 0.15) is 395 Å². The summed E-state index contributed by atoms with van der Waals surface area (Å²) < 4.78 is 68.5. The van der Waals surface area contributed by atoms with E-state index >= 15 is 0 Å². The third kappa shape index (κ3) is 70.3. The summed E-state index contributed by atoms with van der Waals surface area (Å²) in [5.74, 6) is -0.722. The van der Waals surface area contributed by atoms with E-state index in [1.807, 2.05) is 0 Å². The maximum Gasteiger partial charge on any atom is 0.472 e. The number of carbonyl (C=O) groups excluding carboxylic acids is 4. The van der Waals surface area contributed by atoms with Gasteiger partial charge >= 0.3 is 39.5 Å². The van der Waals surface area contributed by atoms with Gasteiger partial charge in [0.2, 0.25) is 0 Å². The van der Waals surface area contributed by atoms with Crippen molar-refractivity contribution in [1.82, 2.24) is 0 Å². The van der Waals surface area contributed by atoms with E-state index in [1.54, 1.807) is 0 Å². The second-order valence-electron chi connectivity index (χ2n) is 28.3. The molecule has 0 amide bonds. The predicted octanol–water partition coefficient (Wildman–Crippen LogP) is 22.3. The first-order chi connectivity index (χ1) is 45.9. The number of phosphoric ester groups is 2. The zero-order chi connectivity index (χ0) is 70.0. The van der Waals surface area contributed by atoms with Gasteiger partial charge in [-0.25, -0.2) is 9.13 Å². The molecule has 0 fully saturated rings. The van der Waals surface area contributed by atoms with Crippen LogP contribution < -0.4 is 0 Å². The molecule has 0 heterocycles. The van der Waals surface area contributed by atoms with E-state index in [0.717, 1.165) is 102 Å². The molecule has 3 N–H and O–H groups in total. The highest BCUT2D eigenvalue weighted by Crippen LogP contribution is 2.45. The Morgan fingerprint density at radius 1 is 0.284 bits per heavy atom. The number of carbonyl (C=O) groups is 4. The van der Waals surface area contributed by atoms with Gasteiger partial charge in [0.1, 0.15) is 19.3 Å². The molecule has 0 spiro atoms. The first kappa shape index (κ1) is 93.1. The summed E-state index contributed by atoms with van der Waals surface area (Å²) in [6.07, 6.45) is 55.8. The number of esters is 4. The highest BCUT2D eigenvalue weighted by atomic mass is 31.2. The molecule has 0 radical (unpaired) electrons. The standard InChI is InChI=1S/C76H148O17P2/c1-7-9-11-13-15-17-19-21-23-25-27-29-31-33-35-40-48-54-60-75(80)92-71(64-86-73(78)58-52-46-39-34-32-30-28-26-24-22-20-18-16-14-12-10-8-2)66-90-94(82,83)88-62-70(77)63-89-95(84,85)91-67-72(65-87-74(79)59-53-47-43-42-45-51-57-69(5)6)93-76(81)61-55-49-41-37-36-38-44-50-56-68(3)4/h68-72,77H,7-67H2,1-6H3,(H,82,83)(H,84,85)/t70-,71-,72-/m1/s1. The number of unbranched alkanes of at least 4 members (excludes halogenated alkanes) is 45. The SMILES string of the molecule is CCCCCCCCCCCCCCCCCCCCC(=O)O[C@H](COC(=O)CCCCCCCCCCCCCCCCCCC)COP(=O)(O)OC[C@@H](O)COP(=O)(O)OC[C@@H](COC(=O)CCCCCCCCC(C)C)OC(=O)CCCCCCCCCCC(C)C. The van der Waals surface area contributed by atoms with Crippen molar-refractivity contribution in [3.05, 3.63) is 0 Å². The van der Waals surface area contributed by atoms with E-state index in [2.05, 4.69) is 41.5 Å². The number of aliphatic hydroxyl groups is 1. The van der Waals surface area contributed by atoms with Crippen LogP contribution in [0.15, 0.2) is 0 Å². The number of hydrogen-bond donors (Lipinski definition) is 3. The van der Waals surface area contributed by atoms with Gasteiger partial charge in [0.05, 0.1) is 26.4 Å². The Hall–Kier alpha value is -1.94. The van der Waals surface area contributed by atoms with Gasteiger partial charge in [0, 0.05) is 25.7 Å². The molecule has 2 unspecified atom stereocenters. The van der Waals surface area contributed by atoms with Crippen LogP contribution >= 0.6 is 15.6 Å². The van der Waals surface area contributed by atoms with Crippen molar-refractivity contribution in [3.8, 4) is 0 Å². The van der Waals surface area contributed by atoms with Crippen molar-refractivity contribution in [1.29, 1.82) is 0 Å². The van der Waals surface area contributed by atoms with E-state index in [-0.39, 0.29) is 25.7 Å². The molecule has 19 heteroatoms. The molecule has 17 nitrogen and oxygen atoms in total. The highest BCUT2D eigenvalue weighted by molar-refractivity contribution is 7.47. The minimum Gasteiger partial charge on any atom is -0.462 e. The van der Waals surface area contributed by atoms with E-state index in [1.165, 1.54) is 205 Å². The summed E-state index contributed by atoms with van der Waals surface area (Å²) in [6, 6.07) is 0. The summed E-state index contributed by atoms with van der Waals surface area (Å²) in [7, 11) is -9.91. The third-order valence-electron chi connectivity index (χ3n) is 17.7. The van der Waals surface area contributed by atoms with Crippen molar-refractivity contribution < 1.29 is 80.2 Å². The molecule has 0 rings (SSSR count). The number of rotatable bonds is 75. The minimum atomic E-state index is -4.96. The number of aliphatic hydroxyl groups excluding tert-OH is 1. The fourth-order valence-corrected chi connectivity index (χ4v) is 13.2. The van der Waals surface area contributed by atoms with Crippen molar-refractivity contribution in [2.45, 2.75) is 413 Å². The molecule has 0 aromatic heterocycles. The van der Waals surface area contributed by atoms with Gasteiger partial charge in [0.25, 0.3) is 0 Å². The monoisotopic (exact) mass is 1400 g/mol. The van der Waals surface area contributed by atoms with Crippen LogP contribution in [0.2, 0.25) is 0 Å². The Kier molecular flexibility index (Phi) is 66.5. The van der Waals surface area contributed by atoms with E-state index < -0.39 is 97.5 Å². The zero-order valence-corrected chi connectivity index (χ0v) is 63.8. The van der Waals surface area contributed by atoms with Crippen LogP contribution in [0.3, 0.4) is 0 Å². The topological polar surface area (TPSA) is 237 Å². The van der Waals surface area contributed by atoms with Crippen LogP contribution in [-0.2, 0) is 65.4 Å². The molecule has 5 atom stereocenters. The van der Waals surface area contributed by atoms with Gasteiger partial charge in [-0.05, 0) is 37.5 Å². The molecule has 564 valence electrons. The van der Waals surface area contributed by atoms with Crippen LogP contribution in [0.25, 0.3) is 0 Å². The molecule has 0 aliphatic heterocycles. The Bertz CT molecular complexity index is 1840. The molecule has 0 aromatic carbocycles. The lowest BCUT2D eigenvalue weighted by Crippen LogP contribution is -2.30. The van der Waals surface area contributed by atoms with Crippen LogP contribution in [0, 0.1) is 11.8 Å². The molecular weight excluding hydrogens is 1250 g/mol. The molecule has 0 bridgehead atoms. The Balaban J connectivity index is 5.22. The first-order valence-corrected chi connectivity index (χ1v) is 42.5. The summed E-state index contributed by atoms with van der Waals surface area (Å²) >= 11 is 0. The lowest BCUT2D eigenvalue weighted by Gasteiger charge is -2.21. The second-order valence-corrected chi connectivity index (χ2v) is 31.3. The minimum absolute atomic E-state index is 0.104. The fraction of sp³-hybridized carbons (Fsp3) is 0.947. The highest BCUT2D eigenvalue weighted by Gasteiger charge is 2.30. The van der Waals surface area contributed by atoms with E-state index in [0.29, 0.717) is 31.6 Å². The predicted molar refractivity (Wildman–Crippen MR) is 386 cm³/mol.